The van der Waals surface area contributed by atoms with Gasteiger partial charge in [0.05, 0.1) is 13.2 Å². The van der Waals surface area contributed by atoms with Crippen LogP contribution in [0.4, 0.5) is 0 Å². The van der Waals surface area contributed by atoms with E-state index < -0.39 is 0 Å². The van der Waals surface area contributed by atoms with Crippen molar-refractivity contribution in [1.29, 1.82) is 0 Å². The average molecular weight is 326 g/mol. The Morgan fingerprint density at radius 2 is 2.00 bits per heavy atom. The van der Waals surface area contributed by atoms with Gasteiger partial charge >= 0.3 is 0 Å². The van der Waals surface area contributed by atoms with Gasteiger partial charge in [0.1, 0.15) is 0 Å². The third kappa shape index (κ3) is 6.28. The molecular weight excluding hydrogens is 292 g/mol. The van der Waals surface area contributed by atoms with Crippen LogP contribution in [0.1, 0.15) is 32.6 Å². The van der Waals surface area contributed by atoms with Crippen LogP contribution in [0, 0.1) is 0 Å². The molecule has 134 valence electrons. The number of hydrogen-bond donors (Lipinski definition) is 1. The quantitative estimate of drug-likeness (QED) is 0.412. The maximum atomic E-state index is 5.60. The summed E-state index contributed by atoms with van der Waals surface area (Å²) in [6.07, 6.45) is 4.61. The van der Waals surface area contributed by atoms with E-state index >= 15 is 0 Å². The number of nitrogens with zero attached hydrogens (tertiary/aromatic N) is 3. The third-order valence-electron chi connectivity index (χ3n) is 4.63. The highest BCUT2D eigenvalue weighted by Gasteiger charge is 2.30. The molecule has 2 aliphatic heterocycles. The van der Waals surface area contributed by atoms with Crippen LogP contribution in [0.3, 0.4) is 0 Å². The molecule has 2 aliphatic rings. The minimum absolute atomic E-state index is 0.648. The van der Waals surface area contributed by atoms with Crippen molar-refractivity contribution in [3.05, 3.63) is 0 Å². The Morgan fingerprint density at radius 1 is 1.22 bits per heavy atom. The van der Waals surface area contributed by atoms with Crippen molar-refractivity contribution in [1.82, 2.24) is 15.1 Å². The molecule has 0 aromatic carbocycles. The lowest BCUT2D eigenvalue weighted by atomic mass is 10.2. The molecule has 2 saturated heterocycles. The molecule has 0 aliphatic carbocycles. The maximum absolute atomic E-state index is 5.60. The number of nitrogens with one attached hydrogen (secondary N) is 1. The Labute approximate surface area is 141 Å². The first-order valence-corrected chi connectivity index (χ1v) is 9.20. The Kier molecular flexibility index (Phi) is 8.71. The standard InChI is InChI=1S/C17H34N4O2/c1-3-4-11-22-12-5-7-19-17(18-2)21-8-6-16(15-21)20-9-13-23-14-10-20/h16H,3-15H2,1-2H3,(H,18,19). The van der Waals surface area contributed by atoms with Gasteiger partial charge in [0.25, 0.3) is 0 Å². The summed E-state index contributed by atoms with van der Waals surface area (Å²) in [7, 11) is 1.88. The molecule has 1 N–H and O–H groups in total. The molecule has 0 spiro atoms. The molecule has 23 heavy (non-hydrogen) atoms. The highest BCUT2D eigenvalue weighted by Crippen LogP contribution is 2.16. The van der Waals surface area contributed by atoms with E-state index in [1.807, 2.05) is 7.05 Å². The molecule has 0 saturated carbocycles. The summed E-state index contributed by atoms with van der Waals surface area (Å²) < 4.78 is 11.1. The number of guanidine groups is 1. The van der Waals surface area contributed by atoms with Crippen LogP contribution >= 0.6 is 0 Å². The Balaban J connectivity index is 1.62. The second-order valence-electron chi connectivity index (χ2n) is 6.33. The molecule has 6 heteroatoms. The normalized spacial score (nSPS) is 23.5. The van der Waals surface area contributed by atoms with Crippen LogP contribution in [0.15, 0.2) is 4.99 Å². The van der Waals surface area contributed by atoms with Crippen LogP contribution in [0.2, 0.25) is 0 Å². The molecule has 2 heterocycles. The largest absolute Gasteiger partial charge is 0.381 e. The Hall–Kier alpha value is -0.850. The van der Waals surface area contributed by atoms with Crippen LogP contribution in [0.25, 0.3) is 0 Å². The Morgan fingerprint density at radius 3 is 2.74 bits per heavy atom. The van der Waals surface area contributed by atoms with E-state index in [4.69, 9.17) is 9.47 Å². The van der Waals surface area contributed by atoms with Crippen molar-refractivity contribution in [2.24, 2.45) is 4.99 Å². The third-order valence-corrected chi connectivity index (χ3v) is 4.63. The van der Waals surface area contributed by atoms with Gasteiger partial charge in [-0.25, -0.2) is 0 Å². The van der Waals surface area contributed by atoms with Gasteiger partial charge in [0.2, 0.25) is 0 Å². The molecule has 0 bridgehead atoms. The summed E-state index contributed by atoms with van der Waals surface area (Å²) in [6.45, 7) is 10.9. The number of aliphatic imine (C=N–C) groups is 1. The lowest BCUT2D eigenvalue weighted by Gasteiger charge is -2.32. The minimum Gasteiger partial charge on any atom is -0.381 e. The summed E-state index contributed by atoms with van der Waals surface area (Å²) in [6, 6.07) is 0.648. The number of rotatable bonds is 8. The minimum atomic E-state index is 0.648. The molecule has 0 radical (unpaired) electrons. The van der Waals surface area contributed by atoms with Gasteiger partial charge in [-0.3, -0.25) is 9.89 Å². The molecule has 2 rings (SSSR count). The van der Waals surface area contributed by atoms with Crippen molar-refractivity contribution in [2.45, 2.75) is 38.6 Å². The fraction of sp³-hybridized carbons (Fsp3) is 0.941. The SMILES string of the molecule is CCCCOCCCNC(=NC)N1CCC(N2CCOCC2)C1. The first-order valence-electron chi connectivity index (χ1n) is 9.20. The van der Waals surface area contributed by atoms with E-state index in [2.05, 4.69) is 27.0 Å². The zero-order chi connectivity index (χ0) is 16.3. The molecule has 0 aromatic rings. The summed E-state index contributed by atoms with van der Waals surface area (Å²) in [5.41, 5.74) is 0. The topological polar surface area (TPSA) is 49.3 Å². The van der Waals surface area contributed by atoms with Crippen molar-refractivity contribution in [3.63, 3.8) is 0 Å². The van der Waals surface area contributed by atoms with E-state index in [0.717, 1.165) is 78.0 Å². The van der Waals surface area contributed by atoms with E-state index in [9.17, 15) is 0 Å². The van der Waals surface area contributed by atoms with E-state index in [1.54, 1.807) is 0 Å². The number of unbranched alkanes of at least 4 members (excludes halogenated alkanes) is 1. The number of likely N-dealkylation sites (tertiary alicyclic amines) is 1. The monoisotopic (exact) mass is 326 g/mol. The van der Waals surface area contributed by atoms with Gasteiger partial charge in [-0.05, 0) is 19.3 Å². The fourth-order valence-electron chi connectivity index (χ4n) is 3.23. The number of hydrogen-bond acceptors (Lipinski definition) is 4. The molecular formula is C17H34N4O2. The van der Waals surface area contributed by atoms with E-state index in [0.29, 0.717) is 6.04 Å². The molecule has 1 atom stereocenters. The first kappa shape index (κ1) is 18.5. The molecule has 6 nitrogen and oxygen atoms in total. The van der Waals surface area contributed by atoms with Crippen molar-refractivity contribution < 1.29 is 9.47 Å². The number of morpholine rings is 1. The van der Waals surface area contributed by atoms with Crippen LogP contribution in [0.5, 0.6) is 0 Å². The van der Waals surface area contributed by atoms with Crippen LogP contribution in [-0.2, 0) is 9.47 Å². The number of ether oxygens (including phenoxy) is 2. The van der Waals surface area contributed by atoms with Gasteiger partial charge in [0, 0.05) is 59.0 Å². The van der Waals surface area contributed by atoms with Gasteiger partial charge < -0.3 is 19.7 Å². The maximum Gasteiger partial charge on any atom is 0.193 e. The zero-order valence-corrected chi connectivity index (χ0v) is 14.9. The zero-order valence-electron chi connectivity index (χ0n) is 14.9. The van der Waals surface area contributed by atoms with E-state index in [-0.39, 0.29) is 0 Å². The predicted molar refractivity (Wildman–Crippen MR) is 94.1 cm³/mol. The van der Waals surface area contributed by atoms with Gasteiger partial charge in [-0.2, -0.15) is 0 Å². The molecule has 0 aromatic heterocycles. The fourth-order valence-corrected chi connectivity index (χ4v) is 3.23. The lowest BCUT2D eigenvalue weighted by molar-refractivity contribution is 0.0195. The van der Waals surface area contributed by atoms with E-state index in [1.165, 1.54) is 12.8 Å². The van der Waals surface area contributed by atoms with Gasteiger partial charge in [-0.15, -0.1) is 0 Å². The predicted octanol–water partition coefficient (Wildman–Crippen LogP) is 1.18. The first-order chi connectivity index (χ1) is 11.3. The molecule has 1 unspecified atom stereocenters. The van der Waals surface area contributed by atoms with Crippen molar-refractivity contribution >= 4 is 5.96 Å². The molecule has 2 fully saturated rings. The second kappa shape index (κ2) is 10.8. The highest BCUT2D eigenvalue weighted by molar-refractivity contribution is 5.80. The van der Waals surface area contributed by atoms with Crippen LogP contribution in [-0.4, -0.2) is 88.0 Å². The van der Waals surface area contributed by atoms with Gasteiger partial charge in [0.15, 0.2) is 5.96 Å². The average Bonchev–Trinajstić information content (AvgIpc) is 3.08. The summed E-state index contributed by atoms with van der Waals surface area (Å²) in [4.78, 5) is 9.40. The summed E-state index contributed by atoms with van der Waals surface area (Å²) >= 11 is 0. The summed E-state index contributed by atoms with van der Waals surface area (Å²) in [5.74, 6) is 1.04. The molecule has 0 amide bonds. The summed E-state index contributed by atoms with van der Waals surface area (Å²) in [5, 5.41) is 3.48. The van der Waals surface area contributed by atoms with Crippen molar-refractivity contribution in [3.8, 4) is 0 Å². The van der Waals surface area contributed by atoms with Gasteiger partial charge in [-0.1, -0.05) is 13.3 Å². The smallest absolute Gasteiger partial charge is 0.193 e. The lowest BCUT2D eigenvalue weighted by Crippen LogP contribution is -2.46. The second-order valence-corrected chi connectivity index (χ2v) is 6.33. The Bertz CT molecular complexity index is 345. The van der Waals surface area contributed by atoms with Crippen LogP contribution < -0.4 is 5.32 Å². The van der Waals surface area contributed by atoms with Crippen molar-refractivity contribution in [2.75, 3.05) is 66.2 Å². The highest BCUT2D eigenvalue weighted by atomic mass is 16.5.